The van der Waals surface area contributed by atoms with Gasteiger partial charge >= 0.3 is 5.97 Å². The number of hydrogen-bond acceptors (Lipinski definition) is 3. The van der Waals surface area contributed by atoms with Crippen LogP contribution in [0.2, 0.25) is 0 Å². The maximum absolute atomic E-state index is 11.7. The van der Waals surface area contributed by atoms with Crippen LogP contribution in [0, 0.1) is 0 Å². The Morgan fingerprint density at radius 3 is 2.50 bits per heavy atom. The topological polar surface area (TPSA) is 43.4 Å². The number of benzene rings is 1. The van der Waals surface area contributed by atoms with Crippen LogP contribution in [-0.2, 0) is 16.0 Å². The van der Waals surface area contributed by atoms with Gasteiger partial charge in [-0.2, -0.15) is 0 Å². The average Bonchev–Trinajstić information content (AvgIpc) is 2.37. The molecule has 0 radical (unpaired) electrons. The van der Waals surface area contributed by atoms with Gasteiger partial charge in [-0.05, 0) is 43.5 Å². The summed E-state index contributed by atoms with van der Waals surface area (Å²) in [4.78, 5) is 22.7. The van der Waals surface area contributed by atoms with Crippen molar-refractivity contribution in [2.45, 2.75) is 32.0 Å². The van der Waals surface area contributed by atoms with E-state index in [1.54, 1.807) is 19.1 Å². The van der Waals surface area contributed by atoms with Crippen LogP contribution in [0.1, 0.15) is 47.1 Å². The van der Waals surface area contributed by atoms with Gasteiger partial charge < -0.3 is 4.74 Å². The summed E-state index contributed by atoms with van der Waals surface area (Å²) in [5.74, 6) is -0.338. The van der Waals surface area contributed by atoms with Crippen LogP contribution in [0.5, 0.6) is 0 Å². The highest BCUT2D eigenvalue weighted by atomic mass is 79.9. The van der Waals surface area contributed by atoms with Gasteiger partial charge in [-0.1, -0.05) is 28.9 Å². The lowest BCUT2D eigenvalue weighted by Gasteiger charge is -2.13. The van der Waals surface area contributed by atoms with E-state index < -0.39 is 0 Å². The van der Waals surface area contributed by atoms with Gasteiger partial charge in [0.25, 0.3) is 0 Å². The Balaban J connectivity index is 3.17. The second-order valence-corrected chi connectivity index (χ2v) is 4.88. The number of hydrogen-bond donors (Lipinski definition) is 0. The summed E-state index contributed by atoms with van der Waals surface area (Å²) in [6.07, 6.45) is 0.813. The highest BCUT2D eigenvalue weighted by Gasteiger charge is 2.18. The van der Waals surface area contributed by atoms with Crippen molar-refractivity contribution < 1.29 is 14.3 Å². The zero-order chi connectivity index (χ0) is 13.7. The highest BCUT2D eigenvalue weighted by Crippen LogP contribution is 2.28. The van der Waals surface area contributed by atoms with Crippen LogP contribution >= 0.6 is 15.9 Å². The molecule has 0 spiro atoms. The minimum atomic E-state index is -0.373. The molecule has 0 N–H and O–H groups in total. The van der Waals surface area contributed by atoms with Crippen molar-refractivity contribution in [1.29, 1.82) is 0 Å². The first-order chi connectivity index (χ1) is 8.51. The standard InChI is InChI=1S/C14H17BrO3/c1-4-10-6-7-11(14(17)18-5-2)8-12(10)13(15)9(3)16/h6-8,13H,4-5H2,1-3H3. The SMILES string of the molecule is CCOC(=O)c1ccc(CC)c(C(Br)C(C)=O)c1. The lowest BCUT2D eigenvalue weighted by atomic mass is 9.98. The van der Waals surface area contributed by atoms with E-state index in [9.17, 15) is 9.59 Å². The van der Waals surface area contributed by atoms with Crippen molar-refractivity contribution in [3.63, 3.8) is 0 Å². The maximum atomic E-state index is 11.7. The predicted octanol–water partition coefficient (Wildman–Crippen LogP) is 3.45. The van der Waals surface area contributed by atoms with Crippen LogP contribution in [-0.4, -0.2) is 18.4 Å². The summed E-state index contributed by atoms with van der Waals surface area (Å²) in [6.45, 7) is 5.65. The Labute approximate surface area is 116 Å². The molecule has 1 rings (SSSR count). The monoisotopic (exact) mass is 312 g/mol. The molecule has 0 aromatic heterocycles. The first-order valence-corrected chi connectivity index (χ1v) is 6.87. The fraction of sp³-hybridized carbons (Fsp3) is 0.429. The molecule has 1 aromatic carbocycles. The Kier molecular flexibility index (Phi) is 5.54. The minimum Gasteiger partial charge on any atom is -0.462 e. The molecule has 3 nitrogen and oxygen atoms in total. The van der Waals surface area contributed by atoms with Gasteiger partial charge in [0.05, 0.1) is 17.0 Å². The molecule has 0 saturated heterocycles. The smallest absolute Gasteiger partial charge is 0.338 e. The van der Waals surface area contributed by atoms with Gasteiger partial charge in [-0.25, -0.2) is 4.79 Å². The van der Waals surface area contributed by atoms with Gasteiger partial charge in [0, 0.05) is 0 Å². The Bertz CT molecular complexity index is 454. The summed E-state index contributed by atoms with van der Waals surface area (Å²) < 4.78 is 4.96. The molecule has 0 aliphatic heterocycles. The molecule has 0 bridgehead atoms. The lowest BCUT2D eigenvalue weighted by molar-refractivity contribution is -0.116. The molecule has 0 heterocycles. The molecule has 1 atom stereocenters. The number of ketones is 1. The maximum Gasteiger partial charge on any atom is 0.338 e. The molecule has 0 fully saturated rings. The first kappa shape index (κ1) is 14.9. The summed E-state index contributed by atoms with van der Waals surface area (Å²) in [5, 5.41) is 0. The molecular weight excluding hydrogens is 296 g/mol. The van der Waals surface area contributed by atoms with E-state index >= 15 is 0 Å². The number of alkyl halides is 1. The number of halogens is 1. The van der Waals surface area contributed by atoms with Crippen LogP contribution in [0.3, 0.4) is 0 Å². The second-order valence-electron chi connectivity index (χ2n) is 3.96. The van der Waals surface area contributed by atoms with E-state index in [1.807, 2.05) is 13.0 Å². The molecule has 0 aliphatic rings. The molecule has 0 amide bonds. The summed E-state index contributed by atoms with van der Waals surface area (Å²) in [6, 6.07) is 5.34. The quantitative estimate of drug-likeness (QED) is 0.618. The second kappa shape index (κ2) is 6.69. The fourth-order valence-corrected chi connectivity index (χ4v) is 2.14. The zero-order valence-electron chi connectivity index (χ0n) is 10.8. The highest BCUT2D eigenvalue weighted by molar-refractivity contribution is 9.09. The number of Topliss-reactive ketones (excluding diaryl/α,β-unsaturated/α-hetero) is 1. The normalized spacial score (nSPS) is 12.0. The van der Waals surface area contributed by atoms with Crippen LogP contribution in [0.4, 0.5) is 0 Å². The number of rotatable bonds is 5. The predicted molar refractivity (Wildman–Crippen MR) is 74.1 cm³/mol. The van der Waals surface area contributed by atoms with E-state index in [0.29, 0.717) is 12.2 Å². The van der Waals surface area contributed by atoms with Crippen molar-refractivity contribution in [2.24, 2.45) is 0 Å². The van der Waals surface area contributed by atoms with Crippen molar-refractivity contribution >= 4 is 27.7 Å². The molecular formula is C14H17BrO3. The number of esters is 1. The Hall–Kier alpha value is -1.16. The molecule has 1 aromatic rings. The van der Waals surface area contributed by atoms with E-state index in [0.717, 1.165) is 17.5 Å². The van der Waals surface area contributed by atoms with Crippen LogP contribution < -0.4 is 0 Å². The molecule has 98 valence electrons. The summed E-state index contributed by atoms with van der Waals surface area (Å²) in [5.41, 5.74) is 2.38. The van der Waals surface area contributed by atoms with Crippen molar-refractivity contribution in [1.82, 2.24) is 0 Å². The summed E-state index contributed by atoms with van der Waals surface area (Å²) >= 11 is 3.36. The van der Waals surface area contributed by atoms with E-state index in [-0.39, 0.29) is 16.6 Å². The lowest BCUT2D eigenvalue weighted by Crippen LogP contribution is -2.09. The van der Waals surface area contributed by atoms with Crippen molar-refractivity contribution in [2.75, 3.05) is 6.61 Å². The molecule has 18 heavy (non-hydrogen) atoms. The van der Waals surface area contributed by atoms with Crippen LogP contribution in [0.25, 0.3) is 0 Å². The van der Waals surface area contributed by atoms with Gasteiger partial charge in [-0.15, -0.1) is 0 Å². The number of carbonyl (C=O) groups excluding carboxylic acids is 2. The third kappa shape index (κ3) is 3.42. The number of ether oxygens (including phenoxy) is 1. The third-order valence-corrected chi connectivity index (χ3v) is 3.81. The van der Waals surface area contributed by atoms with Crippen molar-refractivity contribution in [3.8, 4) is 0 Å². The fourth-order valence-electron chi connectivity index (χ4n) is 1.71. The average molecular weight is 313 g/mol. The first-order valence-electron chi connectivity index (χ1n) is 5.95. The summed E-state index contributed by atoms with van der Waals surface area (Å²) in [7, 11) is 0. The van der Waals surface area contributed by atoms with Gasteiger partial charge in [-0.3, -0.25) is 4.79 Å². The molecule has 1 unspecified atom stereocenters. The molecule has 4 heteroatoms. The Morgan fingerprint density at radius 2 is 2.00 bits per heavy atom. The largest absolute Gasteiger partial charge is 0.462 e. The third-order valence-electron chi connectivity index (χ3n) is 2.67. The number of carbonyl (C=O) groups is 2. The van der Waals surface area contributed by atoms with Gasteiger partial charge in [0.15, 0.2) is 0 Å². The minimum absolute atomic E-state index is 0.0192. The van der Waals surface area contributed by atoms with E-state index in [1.165, 1.54) is 6.92 Å². The van der Waals surface area contributed by atoms with E-state index in [2.05, 4.69) is 15.9 Å². The Morgan fingerprint density at radius 1 is 1.33 bits per heavy atom. The molecule has 0 saturated carbocycles. The van der Waals surface area contributed by atoms with Gasteiger partial charge in [0.2, 0.25) is 0 Å². The zero-order valence-corrected chi connectivity index (χ0v) is 12.4. The number of aryl methyl sites for hydroxylation is 1. The van der Waals surface area contributed by atoms with E-state index in [4.69, 9.17) is 4.74 Å². The van der Waals surface area contributed by atoms with Crippen LogP contribution in [0.15, 0.2) is 18.2 Å². The van der Waals surface area contributed by atoms with Gasteiger partial charge in [0.1, 0.15) is 5.78 Å². The van der Waals surface area contributed by atoms with Crippen molar-refractivity contribution in [3.05, 3.63) is 34.9 Å². The molecule has 0 aliphatic carbocycles.